The van der Waals surface area contributed by atoms with Gasteiger partial charge in [-0.2, -0.15) is 0 Å². The number of halogens is 1. The molecule has 0 bridgehead atoms. The van der Waals surface area contributed by atoms with Crippen LogP contribution in [0.15, 0.2) is 30.3 Å². The fraction of sp³-hybridized carbons (Fsp3) is 0.458. The lowest BCUT2D eigenvalue weighted by Gasteiger charge is -2.31. The van der Waals surface area contributed by atoms with Crippen LogP contribution in [0.3, 0.4) is 0 Å². The van der Waals surface area contributed by atoms with E-state index in [-0.39, 0.29) is 18.6 Å². The molecule has 1 aliphatic carbocycles. The molecule has 1 saturated heterocycles. The number of amides is 4. The van der Waals surface area contributed by atoms with Crippen LogP contribution >= 0.6 is 22.9 Å². The van der Waals surface area contributed by atoms with E-state index in [1.165, 1.54) is 22.7 Å². The Morgan fingerprint density at radius 2 is 1.79 bits per heavy atom. The number of primary amides is 1. The van der Waals surface area contributed by atoms with E-state index in [1.54, 1.807) is 18.2 Å². The molecule has 4 rings (SSSR count). The van der Waals surface area contributed by atoms with Crippen molar-refractivity contribution in [2.75, 3.05) is 18.4 Å². The van der Waals surface area contributed by atoms with E-state index in [9.17, 15) is 14.4 Å². The van der Waals surface area contributed by atoms with Gasteiger partial charge in [0.25, 0.3) is 0 Å². The maximum atomic E-state index is 13.1. The first kappa shape index (κ1) is 24.3. The Labute approximate surface area is 207 Å². The Hall–Kier alpha value is -2.78. The minimum atomic E-state index is -0.533. The highest BCUT2D eigenvalue weighted by atomic mass is 35.5. The van der Waals surface area contributed by atoms with Crippen molar-refractivity contribution in [2.24, 2.45) is 5.73 Å². The number of anilines is 1. The van der Waals surface area contributed by atoms with Crippen molar-refractivity contribution in [1.82, 2.24) is 10.2 Å². The summed E-state index contributed by atoms with van der Waals surface area (Å²) in [6, 6.07) is 8.34. The van der Waals surface area contributed by atoms with Gasteiger partial charge in [0.15, 0.2) is 0 Å². The normalized spacial score (nSPS) is 18.9. The third-order valence-electron chi connectivity index (χ3n) is 6.20. The number of carbonyl (C=O) groups is 3. The van der Waals surface area contributed by atoms with Gasteiger partial charge in [-0.3, -0.25) is 0 Å². The van der Waals surface area contributed by atoms with Gasteiger partial charge in [0.2, 0.25) is 0 Å². The van der Waals surface area contributed by atoms with Crippen molar-refractivity contribution < 1.29 is 19.1 Å². The molecule has 1 unspecified atom stereocenters. The van der Waals surface area contributed by atoms with Gasteiger partial charge in [0.05, 0.1) is 12.2 Å². The number of nitrogens with one attached hydrogen (secondary N) is 2. The number of hydrogen-bond donors (Lipinski definition) is 3. The molecule has 4 N–H and O–H groups in total. The van der Waals surface area contributed by atoms with Crippen LogP contribution in [0.5, 0.6) is 0 Å². The number of carbonyl (C=O) groups excluding carboxylic acids is 3. The number of nitrogens with two attached hydrogens (primary N) is 1. The molecule has 2 aliphatic rings. The predicted molar refractivity (Wildman–Crippen MR) is 133 cm³/mol. The number of ether oxygens (including phenoxy) is 1. The number of thiophene rings is 1. The minimum absolute atomic E-state index is 0.139. The molecule has 182 valence electrons. The monoisotopic (exact) mass is 504 g/mol. The summed E-state index contributed by atoms with van der Waals surface area (Å²) in [6.07, 6.45) is 6.22. The lowest BCUT2D eigenvalue weighted by atomic mass is 9.96. The number of nitrogens with zero attached hydrogens (tertiary/aromatic N) is 1. The Morgan fingerprint density at radius 3 is 2.50 bits per heavy atom. The van der Waals surface area contributed by atoms with Crippen molar-refractivity contribution >= 4 is 46.7 Å². The van der Waals surface area contributed by atoms with Crippen molar-refractivity contribution in [3.05, 3.63) is 40.2 Å². The van der Waals surface area contributed by atoms with Crippen molar-refractivity contribution in [3.8, 4) is 10.4 Å². The molecule has 1 aromatic heterocycles. The van der Waals surface area contributed by atoms with Crippen molar-refractivity contribution in [2.45, 2.75) is 57.1 Å². The van der Waals surface area contributed by atoms with E-state index >= 15 is 0 Å². The Bertz CT molecular complexity index is 1040. The SMILES string of the molecule is NC(=O)N1CCCC(OC(=O)c2sc(-c3ccc(Cl)cc3)cc2NC(=O)NC2CCCCC2)C1. The third kappa shape index (κ3) is 6.21. The van der Waals surface area contributed by atoms with Crippen LogP contribution in [-0.4, -0.2) is 48.2 Å². The van der Waals surface area contributed by atoms with E-state index in [2.05, 4.69) is 10.6 Å². The van der Waals surface area contributed by atoms with Gasteiger partial charge in [-0.15, -0.1) is 11.3 Å². The molecule has 8 nitrogen and oxygen atoms in total. The molecule has 1 saturated carbocycles. The molecule has 1 aromatic carbocycles. The lowest BCUT2D eigenvalue weighted by Crippen LogP contribution is -2.46. The average Bonchev–Trinajstić information content (AvgIpc) is 3.24. The van der Waals surface area contributed by atoms with Crippen molar-refractivity contribution in [1.29, 1.82) is 0 Å². The molecule has 2 aromatic rings. The lowest BCUT2D eigenvalue weighted by molar-refractivity contribution is 0.0134. The summed E-state index contributed by atoms with van der Waals surface area (Å²) < 4.78 is 5.73. The first-order valence-corrected chi connectivity index (χ1v) is 12.8. The molecular formula is C24H29ClN4O4S. The van der Waals surface area contributed by atoms with Gasteiger partial charge in [-0.1, -0.05) is 43.0 Å². The summed E-state index contributed by atoms with van der Waals surface area (Å²) in [6.45, 7) is 0.818. The van der Waals surface area contributed by atoms with E-state index in [4.69, 9.17) is 22.1 Å². The van der Waals surface area contributed by atoms with E-state index in [0.717, 1.165) is 36.1 Å². The fourth-order valence-corrected chi connectivity index (χ4v) is 5.55. The number of likely N-dealkylation sites (tertiary alicyclic amines) is 1. The molecule has 2 fully saturated rings. The molecule has 0 spiro atoms. The maximum Gasteiger partial charge on any atom is 0.350 e. The number of piperidine rings is 1. The molecule has 4 amide bonds. The van der Waals surface area contributed by atoms with Crippen LogP contribution in [0.1, 0.15) is 54.6 Å². The number of rotatable bonds is 5. The van der Waals surface area contributed by atoms with Gasteiger partial charge in [0.1, 0.15) is 11.0 Å². The van der Waals surface area contributed by atoms with Crippen LogP contribution in [0.4, 0.5) is 15.3 Å². The van der Waals surface area contributed by atoms with Crippen LogP contribution in [0, 0.1) is 0 Å². The number of esters is 1. The van der Waals surface area contributed by atoms with E-state index in [0.29, 0.717) is 35.0 Å². The second-order valence-corrected chi connectivity index (χ2v) is 10.2. The van der Waals surface area contributed by atoms with Gasteiger partial charge in [-0.25, -0.2) is 14.4 Å². The fourth-order valence-electron chi connectivity index (χ4n) is 4.42. The number of benzene rings is 1. The molecular weight excluding hydrogens is 476 g/mol. The second-order valence-electron chi connectivity index (χ2n) is 8.75. The van der Waals surface area contributed by atoms with E-state index in [1.807, 2.05) is 12.1 Å². The highest BCUT2D eigenvalue weighted by molar-refractivity contribution is 7.18. The standard InChI is InChI=1S/C24H29ClN4O4S/c25-16-10-8-15(9-11-16)20-13-19(28-24(32)27-17-5-2-1-3-6-17)21(34-20)22(30)33-18-7-4-12-29(14-18)23(26)31/h8-11,13,17-18H,1-7,12,14H2,(H2,26,31)(H2,27,28,32). The largest absolute Gasteiger partial charge is 0.456 e. The smallest absolute Gasteiger partial charge is 0.350 e. The van der Waals surface area contributed by atoms with Crippen LogP contribution in [-0.2, 0) is 4.74 Å². The Kier molecular flexibility index (Phi) is 7.95. The summed E-state index contributed by atoms with van der Waals surface area (Å²) in [7, 11) is 0. The van der Waals surface area contributed by atoms with Gasteiger partial charge in [-0.05, 0) is 49.4 Å². The molecule has 1 atom stereocenters. The minimum Gasteiger partial charge on any atom is -0.456 e. The molecule has 1 aliphatic heterocycles. The zero-order valence-electron chi connectivity index (χ0n) is 18.8. The highest BCUT2D eigenvalue weighted by Crippen LogP contribution is 2.36. The summed E-state index contributed by atoms with van der Waals surface area (Å²) in [5.41, 5.74) is 6.67. The van der Waals surface area contributed by atoms with Crippen LogP contribution < -0.4 is 16.4 Å². The predicted octanol–water partition coefficient (Wildman–Crippen LogP) is 5.22. The molecule has 10 heteroatoms. The quantitative estimate of drug-likeness (QED) is 0.484. The van der Waals surface area contributed by atoms with E-state index < -0.39 is 18.1 Å². The maximum absolute atomic E-state index is 13.1. The average molecular weight is 505 g/mol. The highest BCUT2D eigenvalue weighted by Gasteiger charge is 2.28. The van der Waals surface area contributed by atoms with Crippen molar-refractivity contribution in [3.63, 3.8) is 0 Å². The third-order valence-corrected chi connectivity index (χ3v) is 7.61. The zero-order valence-corrected chi connectivity index (χ0v) is 20.4. The second kappa shape index (κ2) is 11.1. The van der Waals surface area contributed by atoms with Gasteiger partial charge >= 0.3 is 18.0 Å². The van der Waals surface area contributed by atoms with Gasteiger partial charge < -0.3 is 26.0 Å². The van der Waals surface area contributed by atoms with Crippen LogP contribution in [0.2, 0.25) is 5.02 Å². The summed E-state index contributed by atoms with van der Waals surface area (Å²) in [5.74, 6) is -0.533. The molecule has 0 radical (unpaired) electrons. The first-order chi connectivity index (χ1) is 16.4. The zero-order chi connectivity index (χ0) is 24.1. The van der Waals surface area contributed by atoms with Crippen LogP contribution in [0.25, 0.3) is 10.4 Å². The number of urea groups is 2. The number of hydrogen-bond acceptors (Lipinski definition) is 5. The Balaban J connectivity index is 1.52. The topological polar surface area (TPSA) is 114 Å². The van der Waals surface area contributed by atoms with Gasteiger partial charge in [0, 0.05) is 22.5 Å². The molecule has 2 heterocycles. The summed E-state index contributed by atoms with van der Waals surface area (Å²) in [5, 5.41) is 6.48. The molecule has 34 heavy (non-hydrogen) atoms. The summed E-state index contributed by atoms with van der Waals surface area (Å²) >= 11 is 7.26. The summed E-state index contributed by atoms with van der Waals surface area (Å²) in [4.78, 5) is 40.0. The first-order valence-electron chi connectivity index (χ1n) is 11.6. The Morgan fingerprint density at radius 1 is 1.06 bits per heavy atom.